The first kappa shape index (κ1) is 16.0. The number of hydrogen-bond acceptors (Lipinski definition) is 2. The van der Waals surface area contributed by atoms with Crippen LogP contribution < -0.4 is 0 Å². The SMILES string of the molecule is CC(C)=CCC/C(C)=C/Cc1ccc(C(=O)O)c(O)c1. The molecule has 2 N–H and O–H groups in total. The van der Waals surface area contributed by atoms with Crippen LogP contribution in [0.1, 0.15) is 49.5 Å². The quantitative estimate of drug-likeness (QED) is 0.759. The summed E-state index contributed by atoms with van der Waals surface area (Å²) in [6.07, 6.45) is 7.09. The van der Waals surface area contributed by atoms with Gasteiger partial charge in [-0.15, -0.1) is 0 Å². The Morgan fingerprint density at radius 3 is 2.45 bits per heavy atom. The molecule has 0 fully saturated rings. The zero-order chi connectivity index (χ0) is 15.1. The van der Waals surface area contributed by atoms with Gasteiger partial charge in [0.05, 0.1) is 0 Å². The van der Waals surface area contributed by atoms with E-state index in [0.717, 1.165) is 18.4 Å². The van der Waals surface area contributed by atoms with E-state index in [1.165, 1.54) is 23.3 Å². The predicted octanol–water partition coefficient (Wildman–Crippen LogP) is 4.33. The number of carbonyl (C=O) groups is 1. The molecule has 3 nitrogen and oxygen atoms in total. The molecule has 3 heteroatoms. The van der Waals surface area contributed by atoms with Gasteiger partial charge in [0, 0.05) is 0 Å². The molecule has 1 aromatic carbocycles. The second kappa shape index (κ2) is 7.53. The van der Waals surface area contributed by atoms with E-state index in [2.05, 4.69) is 32.9 Å². The molecule has 0 unspecified atom stereocenters. The van der Waals surface area contributed by atoms with Crippen molar-refractivity contribution in [3.63, 3.8) is 0 Å². The Kier molecular flexibility index (Phi) is 6.04. The maximum atomic E-state index is 10.8. The number of carboxylic acid groups (broad SMARTS) is 1. The highest BCUT2D eigenvalue weighted by molar-refractivity contribution is 5.90. The van der Waals surface area contributed by atoms with Crippen LogP contribution in [0.25, 0.3) is 0 Å². The van der Waals surface area contributed by atoms with Gasteiger partial charge in [-0.3, -0.25) is 0 Å². The number of aromatic hydroxyl groups is 1. The highest BCUT2D eigenvalue weighted by Gasteiger charge is 2.08. The maximum absolute atomic E-state index is 10.8. The van der Waals surface area contributed by atoms with Crippen molar-refractivity contribution in [2.45, 2.75) is 40.0 Å². The fraction of sp³-hybridized carbons (Fsp3) is 0.353. The molecule has 0 aromatic heterocycles. The first-order valence-corrected chi connectivity index (χ1v) is 6.74. The highest BCUT2D eigenvalue weighted by atomic mass is 16.4. The van der Waals surface area contributed by atoms with Crippen LogP contribution in [-0.2, 0) is 6.42 Å². The van der Waals surface area contributed by atoms with Crippen molar-refractivity contribution >= 4 is 5.97 Å². The molecule has 1 rings (SSSR count). The van der Waals surface area contributed by atoms with Crippen molar-refractivity contribution in [1.29, 1.82) is 0 Å². The number of aromatic carboxylic acids is 1. The molecular formula is C17H22O3. The molecule has 0 bridgehead atoms. The van der Waals surface area contributed by atoms with Crippen molar-refractivity contribution in [3.05, 3.63) is 52.6 Å². The lowest BCUT2D eigenvalue weighted by atomic mass is 10.0. The minimum atomic E-state index is -1.11. The van der Waals surface area contributed by atoms with Crippen molar-refractivity contribution in [2.24, 2.45) is 0 Å². The lowest BCUT2D eigenvalue weighted by Crippen LogP contribution is -1.97. The summed E-state index contributed by atoms with van der Waals surface area (Å²) in [6, 6.07) is 4.70. The monoisotopic (exact) mass is 274 g/mol. The zero-order valence-corrected chi connectivity index (χ0v) is 12.3. The number of rotatable bonds is 6. The zero-order valence-electron chi connectivity index (χ0n) is 12.3. The van der Waals surface area contributed by atoms with Crippen molar-refractivity contribution in [2.75, 3.05) is 0 Å². The van der Waals surface area contributed by atoms with Crippen LogP contribution >= 0.6 is 0 Å². The van der Waals surface area contributed by atoms with E-state index in [9.17, 15) is 9.90 Å². The summed E-state index contributed by atoms with van der Waals surface area (Å²) in [5.74, 6) is -1.28. The summed E-state index contributed by atoms with van der Waals surface area (Å²) in [6.45, 7) is 6.27. The van der Waals surface area contributed by atoms with Gasteiger partial charge in [-0.1, -0.05) is 29.4 Å². The van der Waals surface area contributed by atoms with E-state index in [1.54, 1.807) is 6.07 Å². The second-order valence-corrected chi connectivity index (χ2v) is 5.23. The Hall–Kier alpha value is -2.03. The molecule has 0 atom stereocenters. The smallest absolute Gasteiger partial charge is 0.339 e. The summed E-state index contributed by atoms with van der Waals surface area (Å²) < 4.78 is 0. The Morgan fingerprint density at radius 2 is 1.90 bits per heavy atom. The molecule has 0 heterocycles. The van der Waals surface area contributed by atoms with Crippen LogP contribution in [0, 0.1) is 0 Å². The molecule has 0 saturated carbocycles. The number of hydrogen-bond donors (Lipinski definition) is 2. The minimum Gasteiger partial charge on any atom is -0.507 e. The molecule has 0 aliphatic rings. The van der Waals surface area contributed by atoms with Crippen molar-refractivity contribution in [3.8, 4) is 5.75 Å². The molecule has 1 aromatic rings. The predicted molar refractivity (Wildman–Crippen MR) is 81.2 cm³/mol. The molecule has 0 spiro atoms. The lowest BCUT2D eigenvalue weighted by Gasteiger charge is -2.03. The van der Waals surface area contributed by atoms with Gasteiger partial charge in [-0.25, -0.2) is 4.79 Å². The summed E-state index contributed by atoms with van der Waals surface area (Å²) >= 11 is 0. The van der Waals surface area contributed by atoms with E-state index < -0.39 is 5.97 Å². The Bertz CT molecular complexity index is 535. The van der Waals surface area contributed by atoms with Crippen molar-refractivity contribution in [1.82, 2.24) is 0 Å². The summed E-state index contributed by atoms with van der Waals surface area (Å²) in [7, 11) is 0. The Labute approximate surface area is 120 Å². The Morgan fingerprint density at radius 1 is 1.20 bits per heavy atom. The van der Waals surface area contributed by atoms with Gasteiger partial charge in [-0.2, -0.15) is 0 Å². The van der Waals surface area contributed by atoms with Gasteiger partial charge in [0.25, 0.3) is 0 Å². The second-order valence-electron chi connectivity index (χ2n) is 5.23. The summed E-state index contributed by atoms with van der Waals surface area (Å²) in [4.78, 5) is 10.8. The number of benzene rings is 1. The average molecular weight is 274 g/mol. The lowest BCUT2D eigenvalue weighted by molar-refractivity contribution is 0.0693. The minimum absolute atomic E-state index is 0.0574. The Balaban J connectivity index is 2.63. The van der Waals surface area contributed by atoms with Gasteiger partial charge in [0.15, 0.2) is 0 Å². The van der Waals surface area contributed by atoms with E-state index in [-0.39, 0.29) is 11.3 Å². The summed E-state index contributed by atoms with van der Waals surface area (Å²) in [5, 5.41) is 18.5. The number of allylic oxidation sites excluding steroid dienone is 4. The van der Waals surface area contributed by atoms with E-state index in [1.807, 2.05) is 0 Å². The molecule has 0 aliphatic heterocycles. The molecular weight excluding hydrogens is 252 g/mol. The fourth-order valence-electron chi connectivity index (χ4n) is 1.87. The topological polar surface area (TPSA) is 57.5 Å². The largest absolute Gasteiger partial charge is 0.507 e. The van der Waals surface area contributed by atoms with E-state index in [0.29, 0.717) is 6.42 Å². The van der Waals surface area contributed by atoms with Gasteiger partial charge in [-0.05, 0) is 57.7 Å². The van der Waals surface area contributed by atoms with Crippen LogP contribution in [-0.4, -0.2) is 16.2 Å². The maximum Gasteiger partial charge on any atom is 0.339 e. The van der Waals surface area contributed by atoms with Crippen LogP contribution in [0.15, 0.2) is 41.5 Å². The summed E-state index contributed by atoms with van der Waals surface area (Å²) in [5.41, 5.74) is 3.48. The molecule has 0 saturated heterocycles. The van der Waals surface area contributed by atoms with Gasteiger partial charge < -0.3 is 10.2 Å². The molecule has 0 radical (unpaired) electrons. The molecule has 0 amide bonds. The molecule has 0 aliphatic carbocycles. The van der Waals surface area contributed by atoms with Crippen LogP contribution in [0.3, 0.4) is 0 Å². The first-order chi connectivity index (χ1) is 9.40. The first-order valence-electron chi connectivity index (χ1n) is 6.74. The third kappa shape index (κ3) is 5.31. The van der Waals surface area contributed by atoms with Crippen LogP contribution in [0.2, 0.25) is 0 Å². The third-order valence-electron chi connectivity index (χ3n) is 3.07. The number of carboxylic acids is 1. The van der Waals surface area contributed by atoms with Crippen LogP contribution in [0.5, 0.6) is 5.75 Å². The third-order valence-corrected chi connectivity index (χ3v) is 3.07. The normalized spacial score (nSPS) is 11.2. The number of phenols is 1. The van der Waals surface area contributed by atoms with Gasteiger partial charge in [0.1, 0.15) is 11.3 Å². The van der Waals surface area contributed by atoms with Crippen molar-refractivity contribution < 1.29 is 15.0 Å². The highest BCUT2D eigenvalue weighted by Crippen LogP contribution is 2.20. The molecule has 108 valence electrons. The van der Waals surface area contributed by atoms with E-state index >= 15 is 0 Å². The average Bonchev–Trinajstić information content (AvgIpc) is 2.35. The van der Waals surface area contributed by atoms with E-state index in [4.69, 9.17) is 5.11 Å². The fourth-order valence-corrected chi connectivity index (χ4v) is 1.87. The van der Waals surface area contributed by atoms with Gasteiger partial charge >= 0.3 is 5.97 Å². The molecule has 20 heavy (non-hydrogen) atoms. The van der Waals surface area contributed by atoms with Gasteiger partial charge in [0.2, 0.25) is 0 Å². The van der Waals surface area contributed by atoms with Crippen LogP contribution in [0.4, 0.5) is 0 Å². The standard InChI is InChI=1S/C17H22O3/c1-12(2)5-4-6-13(3)7-8-14-9-10-15(17(19)20)16(18)11-14/h5,7,9-11,18H,4,6,8H2,1-3H3,(H,19,20)/b13-7+.